The first-order chi connectivity index (χ1) is 12.2. The summed E-state index contributed by atoms with van der Waals surface area (Å²) in [5.74, 6) is 0.394. The molecule has 0 saturated carbocycles. The van der Waals surface area contributed by atoms with Gasteiger partial charge in [-0.2, -0.15) is 0 Å². The lowest BCUT2D eigenvalue weighted by Gasteiger charge is -2.19. The number of ether oxygens (including phenoxy) is 1. The maximum Gasteiger partial charge on any atom is 0.262 e. The number of nitrogens with zero attached hydrogens (tertiary/aromatic N) is 1. The normalized spacial score (nSPS) is 16.5. The number of nitrogens with one attached hydrogen (secondary N) is 1. The van der Waals surface area contributed by atoms with Crippen molar-refractivity contribution < 1.29 is 21.6 Å². The van der Waals surface area contributed by atoms with Gasteiger partial charge in [0.15, 0.2) is 0 Å². The van der Waals surface area contributed by atoms with E-state index in [4.69, 9.17) is 4.74 Å². The number of anilines is 2. The van der Waals surface area contributed by atoms with Crippen molar-refractivity contribution in [3.05, 3.63) is 48.0 Å². The molecule has 0 unspecified atom stereocenters. The highest BCUT2D eigenvalue weighted by atomic mass is 32.2. The van der Waals surface area contributed by atoms with Crippen LogP contribution in [0.1, 0.15) is 12.0 Å². The maximum atomic E-state index is 12.7. The fraction of sp³-hybridized carbons (Fsp3) is 0.294. The van der Waals surface area contributed by atoms with Gasteiger partial charge >= 0.3 is 0 Å². The third kappa shape index (κ3) is 3.63. The number of rotatable bonds is 5. The minimum absolute atomic E-state index is 0.0867. The molecule has 0 aromatic heterocycles. The van der Waals surface area contributed by atoms with Crippen LogP contribution in [0.25, 0.3) is 0 Å². The molecule has 2 aromatic rings. The largest absolute Gasteiger partial charge is 0.495 e. The lowest BCUT2D eigenvalue weighted by molar-refractivity contribution is 0.417. The summed E-state index contributed by atoms with van der Waals surface area (Å²) in [4.78, 5) is 0.124. The first-order valence-corrected chi connectivity index (χ1v) is 11.1. The number of hydrogen-bond acceptors (Lipinski definition) is 5. The summed E-state index contributed by atoms with van der Waals surface area (Å²) in [6.07, 6.45) is 0.540. The molecule has 0 spiro atoms. The summed E-state index contributed by atoms with van der Waals surface area (Å²) in [5, 5.41) is 0. The lowest BCUT2D eigenvalue weighted by atomic mass is 10.2. The monoisotopic (exact) mass is 396 g/mol. The minimum atomic E-state index is -3.84. The van der Waals surface area contributed by atoms with E-state index in [1.807, 2.05) is 0 Å². The molecular formula is C17H20N2O5S2. The molecule has 9 heteroatoms. The number of hydrogen-bond donors (Lipinski definition) is 1. The summed E-state index contributed by atoms with van der Waals surface area (Å²) in [7, 11) is -5.78. The first-order valence-electron chi connectivity index (χ1n) is 8.01. The van der Waals surface area contributed by atoms with Gasteiger partial charge in [0.2, 0.25) is 10.0 Å². The summed E-state index contributed by atoms with van der Waals surface area (Å²) < 4.78 is 58.6. The highest BCUT2D eigenvalue weighted by Gasteiger charge is 2.29. The summed E-state index contributed by atoms with van der Waals surface area (Å²) >= 11 is 0. The van der Waals surface area contributed by atoms with Crippen molar-refractivity contribution in [1.29, 1.82) is 0 Å². The minimum Gasteiger partial charge on any atom is -0.495 e. The smallest absolute Gasteiger partial charge is 0.262 e. The Bertz CT molecular complexity index is 1030. The molecule has 1 N–H and O–H groups in total. The van der Waals surface area contributed by atoms with E-state index in [9.17, 15) is 16.8 Å². The second kappa shape index (κ2) is 6.81. The van der Waals surface area contributed by atoms with Crippen LogP contribution >= 0.6 is 0 Å². The van der Waals surface area contributed by atoms with Crippen LogP contribution in [0.2, 0.25) is 0 Å². The Balaban J connectivity index is 2.00. The second-order valence-electron chi connectivity index (χ2n) is 6.05. The second-order valence-corrected chi connectivity index (χ2v) is 9.74. The van der Waals surface area contributed by atoms with Crippen molar-refractivity contribution in [1.82, 2.24) is 0 Å². The zero-order valence-corrected chi connectivity index (χ0v) is 16.1. The molecule has 0 amide bonds. The van der Waals surface area contributed by atoms with Crippen LogP contribution in [0.5, 0.6) is 5.75 Å². The molecule has 0 aliphatic carbocycles. The Kier molecular flexibility index (Phi) is 4.85. The Morgan fingerprint density at radius 3 is 2.54 bits per heavy atom. The Hall–Kier alpha value is -2.26. The van der Waals surface area contributed by atoms with Crippen molar-refractivity contribution in [2.75, 3.05) is 28.4 Å². The van der Waals surface area contributed by atoms with Crippen LogP contribution in [0.15, 0.2) is 47.4 Å². The molecule has 140 valence electrons. The van der Waals surface area contributed by atoms with Crippen molar-refractivity contribution in [2.45, 2.75) is 18.2 Å². The predicted octanol–water partition coefficient (Wildman–Crippen LogP) is 2.34. The molecule has 1 aliphatic heterocycles. The first kappa shape index (κ1) is 18.5. The van der Waals surface area contributed by atoms with Crippen LogP contribution < -0.4 is 13.8 Å². The van der Waals surface area contributed by atoms with Gasteiger partial charge in [-0.25, -0.2) is 16.8 Å². The fourth-order valence-electron chi connectivity index (χ4n) is 2.85. The average Bonchev–Trinajstić information content (AvgIpc) is 2.93. The van der Waals surface area contributed by atoms with Gasteiger partial charge in [-0.3, -0.25) is 9.03 Å². The molecular weight excluding hydrogens is 376 g/mol. The quantitative estimate of drug-likeness (QED) is 0.837. The van der Waals surface area contributed by atoms with Crippen molar-refractivity contribution in [2.24, 2.45) is 0 Å². The predicted molar refractivity (Wildman–Crippen MR) is 101 cm³/mol. The van der Waals surface area contributed by atoms with Gasteiger partial charge in [-0.1, -0.05) is 12.1 Å². The van der Waals surface area contributed by atoms with Crippen LogP contribution in [-0.4, -0.2) is 36.2 Å². The molecule has 1 saturated heterocycles. The van der Waals surface area contributed by atoms with Gasteiger partial charge in [0.25, 0.3) is 10.0 Å². The SMILES string of the molecule is COc1ccc(N2CCCS2(=O)=O)cc1NS(=O)(=O)c1cccc(C)c1. The number of benzene rings is 2. The van der Waals surface area contributed by atoms with E-state index in [1.54, 1.807) is 37.3 Å². The molecule has 0 atom stereocenters. The van der Waals surface area contributed by atoms with Crippen LogP contribution in [-0.2, 0) is 20.0 Å². The van der Waals surface area contributed by atoms with Crippen molar-refractivity contribution >= 4 is 31.4 Å². The topological polar surface area (TPSA) is 92.8 Å². The summed E-state index contributed by atoms with van der Waals surface area (Å²) in [6, 6.07) is 11.2. The van der Waals surface area contributed by atoms with Gasteiger partial charge in [-0.05, 0) is 49.2 Å². The van der Waals surface area contributed by atoms with E-state index in [1.165, 1.54) is 23.5 Å². The van der Waals surface area contributed by atoms with Crippen LogP contribution in [0, 0.1) is 6.92 Å². The van der Waals surface area contributed by atoms with Gasteiger partial charge in [-0.15, -0.1) is 0 Å². The van der Waals surface area contributed by atoms with Crippen molar-refractivity contribution in [3.63, 3.8) is 0 Å². The number of methoxy groups -OCH3 is 1. The highest BCUT2D eigenvalue weighted by molar-refractivity contribution is 7.93. The Labute approximate surface area is 153 Å². The van der Waals surface area contributed by atoms with E-state index in [0.717, 1.165) is 5.56 Å². The zero-order valence-electron chi connectivity index (χ0n) is 14.5. The standard InChI is InChI=1S/C17H20N2O5S2/c1-13-5-3-6-15(11-13)26(22,23)18-16-12-14(7-8-17(16)24-2)19-9-4-10-25(19,20)21/h3,5-8,11-12,18H,4,9-10H2,1-2H3. The van der Waals surface area contributed by atoms with Gasteiger partial charge < -0.3 is 4.74 Å². The molecule has 1 heterocycles. The maximum absolute atomic E-state index is 12.7. The van der Waals surface area contributed by atoms with E-state index in [2.05, 4.69) is 4.72 Å². The van der Waals surface area contributed by atoms with E-state index in [-0.39, 0.29) is 16.3 Å². The number of sulfonamides is 2. The molecule has 1 fully saturated rings. The number of aryl methyl sites for hydroxylation is 1. The van der Waals surface area contributed by atoms with Gasteiger partial charge in [0.1, 0.15) is 5.75 Å². The summed E-state index contributed by atoms with van der Waals surface area (Å²) in [5.41, 5.74) is 1.41. The molecule has 7 nitrogen and oxygen atoms in total. The Morgan fingerprint density at radius 1 is 1.15 bits per heavy atom. The lowest BCUT2D eigenvalue weighted by Crippen LogP contribution is -2.25. The Morgan fingerprint density at radius 2 is 1.92 bits per heavy atom. The third-order valence-electron chi connectivity index (χ3n) is 4.11. The van der Waals surface area contributed by atoms with E-state index >= 15 is 0 Å². The average molecular weight is 396 g/mol. The molecule has 0 radical (unpaired) electrons. The molecule has 2 aromatic carbocycles. The molecule has 0 bridgehead atoms. The van der Waals surface area contributed by atoms with Crippen LogP contribution in [0.3, 0.4) is 0 Å². The molecule has 3 rings (SSSR count). The van der Waals surface area contributed by atoms with Crippen LogP contribution in [0.4, 0.5) is 11.4 Å². The summed E-state index contributed by atoms with van der Waals surface area (Å²) in [6.45, 7) is 2.18. The van der Waals surface area contributed by atoms with E-state index in [0.29, 0.717) is 24.4 Å². The van der Waals surface area contributed by atoms with Gasteiger partial charge in [0.05, 0.1) is 29.1 Å². The van der Waals surface area contributed by atoms with Crippen molar-refractivity contribution in [3.8, 4) is 5.75 Å². The zero-order chi connectivity index (χ0) is 18.9. The molecule has 1 aliphatic rings. The highest BCUT2D eigenvalue weighted by Crippen LogP contribution is 2.34. The fourth-order valence-corrected chi connectivity index (χ4v) is 5.57. The van der Waals surface area contributed by atoms with E-state index < -0.39 is 20.0 Å². The third-order valence-corrected chi connectivity index (χ3v) is 7.35. The van der Waals surface area contributed by atoms with Gasteiger partial charge in [0, 0.05) is 6.54 Å². The molecule has 26 heavy (non-hydrogen) atoms.